The Labute approximate surface area is 74.3 Å². The fraction of sp³-hybridized carbons (Fsp3) is 0.500. The van der Waals surface area contributed by atoms with E-state index in [1.165, 1.54) is 0 Å². The zero-order valence-corrected chi connectivity index (χ0v) is 7.08. The second-order valence-corrected chi connectivity index (χ2v) is 2.53. The molecule has 0 rings (SSSR count). The molecule has 0 bridgehead atoms. The average molecular weight is 191 g/mol. The van der Waals surface area contributed by atoms with Crippen molar-refractivity contribution in [3.05, 3.63) is 0 Å². The van der Waals surface area contributed by atoms with Crippen molar-refractivity contribution in [1.82, 2.24) is 0 Å². The molecular formula is C6H9NO4S. The van der Waals surface area contributed by atoms with E-state index in [1.54, 1.807) is 0 Å². The Bertz CT molecular complexity index is 216. The van der Waals surface area contributed by atoms with Crippen molar-refractivity contribution in [1.29, 1.82) is 0 Å². The van der Waals surface area contributed by atoms with Crippen molar-refractivity contribution in [2.24, 2.45) is 5.73 Å². The van der Waals surface area contributed by atoms with E-state index < -0.39 is 30.0 Å². The van der Waals surface area contributed by atoms with Gasteiger partial charge in [0.05, 0.1) is 12.5 Å². The first-order valence-electron chi connectivity index (χ1n) is 3.14. The zero-order valence-electron chi connectivity index (χ0n) is 6.19. The van der Waals surface area contributed by atoms with Crippen LogP contribution in [0.25, 0.3) is 0 Å². The second kappa shape index (κ2) is 4.89. The summed E-state index contributed by atoms with van der Waals surface area (Å²) in [7, 11) is 0. The van der Waals surface area contributed by atoms with E-state index >= 15 is 0 Å². The minimum atomic E-state index is -1.62. The van der Waals surface area contributed by atoms with E-state index in [0.29, 0.717) is 0 Å². The summed E-state index contributed by atoms with van der Waals surface area (Å²) >= 11 is 3.72. The number of Topliss-reactive ketones (excluding diaryl/α,β-unsaturated/α-hetero) is 2. The Morgan fingerprint density at radius 3 is 2.25 bits per heavy atom. The highest BCUT2D eigenvalue weighted by atomic mass is 32.1. The van der Waals surface area contributed by atoms with Gasteiger partial charge >= 0.3 is 5.97 Å². The lowest BCUT2D eigenvalue weighted by Crippen LogP contribution is -2.34. The maximum Gasteiger partial charge on any atom is 0.372 e. The van der Waals surface area contributed by atoms with Crippen molar-refractivity contribution in [3.8, 4) is 0 Å². The monoisotopic (exact) mass is 191 g/mol. The fourth-order valence-electron chi connectivity index (χ4n) is 0.467. The summed E-state index contributed by atoms with van der Waals surface area (Å²) in [5, 5.41) is 8.12. The molecule has 0 spiro atoms. The number of carbonyl (C=O) groups excluding carboxylic acids is 2. The van der Waals surface area contributed by atoms with E-state index in [9.17, 15) is 14.4 Å². The minimum Gasteiger partial charge on any atom is -0.475 e. The highest BCUT2D eigenvalue weighted by molar-refractivity contribution is 7.80. The van der Waals surface area contributed by atoms with Crippen LogP contribution >= 0.6 is 12.6 Å². The highest BCUT2D eigenvalue weighted by Gasteiger charge is 2.20. The average Bonchev–Trinajstić information content (AvgIpc) is 2.02. The number of carboxylic acid groups (broad SMARTS) is 1. The third-order valence-corrected chi connectivity index (χ3v) is 1.58. The van der Waals surface area contributed by atoms with E-state index in [4.69, 9.17) is 10.8 Å². The molecule has 0 aliphatic rings. The molecule has 0 amide bonds. The van der Waals surface area contributed by atoms with Crippen molar-refractivity contribution in [3.63, 3.8) is 0 Å². The number of thiol groups is 1. The summed E-state index contributed by atoms with van der Waals surface area (Å²) in [5.74, 6) is -3.25. The van der Waals surface area contributed by atoms with Crippen LogP contribution in [0.15, 0.2) is 0 Å². The highest BCUT2D eigenvalue weighted by Crippen LogP contribution is 1.93. The topological polar surface area (TPSA) is 97.5 Å². The molecule has 68 valence electrons. The number of nitrogens with two attached hydrogens (primary N) is 1. The van der Waals surface area contributed by atoms with Crippen molar-refractivity contribution in [2.45, 2.75) is 12.5 Å². The molecule has 0 saturated carbocycles. The van der Waals surface area contributed by atoms with Gasteiger partial charge in [-0.2, -0.15) is 12.6 Å². The Morgan fingerprint density at radius 2 is 1.92 bits per heavy atom. The molecule has 0 aromatic heterocycles. The third-order valence-electron chi connectivity index (χ3n) is 1.18. The summed E-state index contributed by atoms with van der Waals surface area (Å²) in [4.78, 5) is 31.3. The predicted octanol–water partition coefficient (Wildman–Crippen LogP) is -1.14. The number of ketones is 2. The van der Waals surface area contributed by atoms with Gasteiger partial charge < -0.3 is 10.8 Å². The lowest BCUT2D eigenvalue weighted by molar-refractivity contribution is -0.150. The molecule has 1 unspecified atom stereocenters. The molecule has 0 radical (unpaired) electrons. The Balaban J connectivity index is 4.01. The molecule has 1 atom stereocenters. The molecule has 12 heavy (non-hydrogen) atoms. The quantitative estimate of drug-likeness (QED) is 0.290. The lowest BCUT2D eigenvalue weighted by atomic mass is 10.1. The first-order valence-corrected chi connectivity index (χ1v) is 3.77. The van der Waals surface area contributed by atoms with Gasteiger partial charge in [-0.15, -0.1) is 0 Å². The molecule has 0 fully saturated rings. The number of aliphatic carboxylic acids is 1. The molecule has 5 nitrogen and oxygen atoms in total. The molecule has 0 aliphatic carbocycles. The van der Waals surface area contributed by atoms with Gasteiger partial charge in [-0.05, 0) is 0 Å². The predicted molar refractivity (Wildman–Crippen MR) is 44.1 cm³/mol. The number of hydrogen-bond acceptors (Lipinski definition) is 5. The number of rotatable bonds is 5. The van der Waals surface area contributed by atoms with Crippen LogP contribution in [-0.2, 0) is 14.4 Å². The normalized spacial score (nSPS) is 12.2. The summed E-state index contributed by atoms with van der Waals surface area (Å²) in [6, 6.07) is -0.864. The standard InChI is InChI=1S/C6H9NO4S/c7-3(2-12)4(8)1-5(9)6(10)11/h3,12H,1-2,7H2,(H,10,11). The first-order chi connectivity index (χ1) is 5.49. The third kappa shape index (κ3) is 3.49. The smallest absolute Gasteiger partial charge is 0.372 e. The molecule has 0 saturated heterocycles. The van der Waals surface area contributed by atoms with Gasteiger partial charge in [-0.3, -0.25) is 9.59 Å². The number of carbonyl (C=O) groups is 3. The second-order valence-electron chi connectivity index (χ2n) is 2.16. The fourth-order valence-corrected chi connectivity index (χ4v) is 0.670. The number of hydrogen-bond donors (Lipinski definition) is 3. The molecule has 0 heterocycles. The van der Waals surface area contributed by atoms with Gasteiger partial charge in [-0.1, -0.05) is 0 Å². The molecule has 0 aromatic carbocycles. The Hall–Kier alpha value is -0.880. The van der Waals surface area contributed by atoms with Crippen LogP contribution in [0.3, 0.4) is 0 Å². The maximum absolute atomic E-state index is 10.8. The lowest BCUT2D eigenvalue weighted by Gasteiger charge is -2.03. The van der Waals surface area contributed by atoms with Gasteiger partial charge in [-0.25, -0.2) is 4.79 Å². The van der Waals surface area contributed by atoms with Crippen LogP contribution < -0.4 is 5.73 Å². The van der Waals surface area contributed by atoms with Gasteiger partial charge in [0.2, 0.25) is 5.78 Å². The molecule has 0 aliphatic heterocycles. The van der Waals surface area contributed by atoms with Crippen molar-refractivity contribution in [2.75, 3.05) is 5.75 Å². The van der Waals surface area contributed by atoms with Crippen LogP contribution in [0, 0.1) is 0 Å². The first kappa shape index (κ1) is 11.1. The van der Waals surface area contributed by atoms with Crippen LogP contribution in [0.5, 0.6) is 0 Å². The van der Waals surface area contributed by atoms with Gasteiger partial charge in [0.25, 0.3) is 0 Å². The largest absolute Gasteiger partial charge is 0.475 e. The molecule has 0 aromatic rings. The van der Waals surface area contributed by atoms with E-state index in [1.807, 2.05) is 0 Å². The summed E-state index contributed by atoms with van der Waals surface area (Å²) in [6.45, 7) is 0. The summed E-state index contributed by atoms with van der Waals surface area (Å²) in [6.07, 6.45) is -0.656. The van der Waals surface area contributed by atoms with Gasteiger partial charge in [0.1, 0.15) is 0 Å². The summed E-state index contributed by atoms with van der Waals surface area (Å²) in [5.41, 5.74) is 5.19. The molecular weight excluding hydrogens is 182 g/mol. The van der Waals surface area contributed by atoms with Gasteiger partial charge in [0, 0.05) is 5.75 Å². The van der Waals surface area contributed by atoms with Gasteiger partial charge in [0.15, 0.2) is 5.78 Å². The maximum atomic E-state index is 10.8. The SMILES string of the molecule is NC(CS)C(=O)CC(=O)C(=O)O. The summed E-state index contributed by atoms with van der Waals surface area (Å²) < 4.78 is 0. The zero-order chi connectivity index (χ0) is 9.72. The van der Waals surface area contributed by atoms with E-state index in [2.05, 4.69) is 12.6 Å². The van der Waals surface area contributed by atoms with Crippen LogP contribution in [-0.4, -0.2) is 34.4 Å². The van der Waals surface area contributed by atoms with Crippen molar-refractivity contribution >= 4 is 30.2 Å². The van der Waals surface area contributed by atoms with E-state index in [0.717, 1.165) is 0 Å². The minimum absolute atomic E-state index is 0.103. The number of carboxylic acids is 1. The van der Waals surface area contributed by atoms with Crippen LogP contribution in [0.1, 0.15) is 6.42 Å². The van der Waals surface area contributed by atoms with E-state index in [-0.39, 0.29) is 5.75 Å². The molecule has 6 heteroatoms. The Morgan fingerprint density at radius 1 is 1.42 bits per heavy atom. The van der Waals surface area contributed by atoms with Crippen LogP contribution in [0.2, 0.25) is 0 Å². The van der Waals surface area contributed by atoms with Crippen LogP contribution in [0.4, 0.5) is 0 Å². The Kier molecular flexibility index (Phi) is 4.53. The van der Waals surface area contributed by atoms with Crippen molar-refractivity contribution < 1.29 is 19.5 Å². The molecule has 3 N–H and O–H groups in total.